The number of nitrogens with zero attached hydrogens (tertiary/aromatic N) is 1. The minimum atomic E-state index is -0.734. The molecule has 0 spiro atoms. The van der Waals surface area contributed by atoms with Crippen LogP contribution in [0.3, 0.4) is 0 Å². The Labute approximate surface area is 158 Å². The number of rotatable bonds is 4. The van der Waals surface area contributed by atoms with Gasteiger partial charge in [0.05, 0.1) is 13.0 Å². The summed E-state index contributed by atoms with van der Waals surface area (Å²) in [4.78, 5) is 11.8. The molecule has 1 N–H and O–H groups in total. The van der Waals surface area contributed by atoms with E-state index < -0.39 is 11.9 Å². The van der Waals surface area contributed by atoms with Crippen LogP contribution in [-0.2, 0) is 17.8 Å². The van der Waals surface area contributed by atoms with Crippen LogP contribution in [0.25, 0.3) is 10.9 Å². The van der Waals surface area contributed by atoms with E-state index in [-0.39, 0.29) is 12.4 Å². The summed E-state index contributed by atoms with van der Waals surface area (Å²) < 4.78 is 7.67. The van der Waals surface area contributed by atoms with Gasteiger partial charge in [0.2, 0.25) is 0 Å². The summed E-state index contributed by atoms with van der Waals surface area (Å²) >= 11 is 0. The maximum Gasteiger partial charge on any atom is 0.311 e. The van der Waals surface area contributed by atoms with Crippen molar-refractivity contribution < 1.29 is 14.6 Å². The number of hydrogen-bond acceptors (Lipinski definition) is 2. The van der Waals surface area contributed by atoms with E-state index in [1.54, 1.807) is 7.11 Å². The molecule has 0 fully saturated rings. The van der Waals surface area contributed by atoms with Crippen molar-refractivity contribution in [2.75, 3.05) is 7.11 Å². The van der Waals surface area contributed by atoms with Gasteiger partial charge in [-0.1, -0.05) is 30.3 Å². The second-order valence-electron chi connectivity index (χ2n) is 6.60. The maximum absolute atomic E-state index is 11.8. The van der Waals surface area contributed by atoms with Crippen LogP contribution in [0.1, 0.15) is 35.6 Å². The Bertz CT molecular complexity index is 933. The molecule has 1 aliphatic carbocycles. The number of carboxylic acids is 1. The number of halogens is 1. The predicted molar refractivity (Wildman–Crippen MR) is 105 cm³/mol. The van der Waals surface area contributed by atoms with E-state index in [1.165, 1.54) is 5.56 Å². The van der Waals surface area contributed by atoms with Crippen LogP contribution in [0, 0.1) is 0 Å². The lowest BCUT2D eigenvalue weighted by atomic mass is 9.85. The topological polar surface area (TPSA) is 51.5 Å². The molecule has 1 aliphatic rings. The minimum absolute atomic E-state index is 0. The number of aliphatic carboxylic acids is 1. The summed E-state index contributed by atoms with van der Waals surface area (Å²) in [5.74, 6) is -0.403. The fraction of sp³-hybridized carbons (Fsp3) is 0.286. The monoisotopic (exact) mass is 371 g/mol. The molecule has 0 saturated heterocycles. The van der Waals surface area contributed by atoms with Crippen molar-refractivity contribution >= 4 is 29.3 Å². The molecule has 0 aliphatic heterocycles. The van der Waals surface area contributed by atoms with Gasteiger partial charge in [0, 0.05) is 23.1 Å². The number of ether oxygens (including phenoxy) is 1. The van der Waals surface area contributed by atoms with Crippen LogP contribution in [0.5, 0.6) is 5.75 Å². The van der Waals surface area contributed by atoms with E-state index in [0.717, 1.165) is 47.3 Å². The smallest absolute Gasteiger partial charge is 0.311 e. The van der Waals surface area contributed by atoms with Gasteiger partial charge in [-0.15, -0.1) is 12.4 Å². The summed E-state index contributed by atoms with van der Waals surface area (Å²) in [6, 6.07) is 16.3. The zero-order chi connectivity index (χ0) is 17.4. The first-order valence-corrected chi connectivity index (χ1v) is 8.64. The molecule has 4 nitrogen and oxygen atoms in total. The van der Waals surface area contributed by atoms with E-state index in [4.69, 9.17) is 4.74 Å². The van der Waals surface area contributed by atoms with Crippen molar-refractivity contribution in [3.63, 3.8) is 0 Å². The highest BCUT2D eigenvalue weighted by molar-refractivity contribution is 5.92. The standard InChI is InChI=1S/C21H21NO3.ClH/c1-25-15-10-11-18-17(12-15)20-16(21(23)24)8-5-9-19(20)22(18)13-14-6-3-2-4-7-14;/h2-4,6-7,10-12,16H,5,8-9,13H2,1H3,(H,23,24);1H. The molecule has 0 saturated carbocycles. The normalized spacial score (nSPS) is 16.0. The number of hydrogen-bond donors (Lipinski definition) is 1. The molecule has 26 heavy (non-hydrogen) atoms. The molecule has 3 aromatic rings. The van der Waals surface area contributed by atoms with Gasteiger partial charge in [-0.2, -0.15) is 0 Å². The van der Waals surface area contributed by atoms with Crippen molar-refractivity contribution in [1.29, 1.82) is 0 Å². The van der Waals surface area contributed by atoms with Crippen molar-refractivity contribution in [3.05, 3.63) is 65.4 Å². The van der Waals surface area contributed by atoms with Crippen LogP contribution in [0.4, 0.5) is 0 Å². The highest BCUT2D eigenvalue weighted by atomic mass is 35.5. The average molecular weight is 372 g/mol. The molecule has 0 bridgehead atoms. The van der Waals surface area contributed by atoms with Gasteiger partial charge in [0.25, 0.3) is 0 Å². The van der Waals surface area contributed by atoms with Crippen molar-refractivity contribution in [2.24, 2.45) is 0 Å². The Kier molecular flexibility index (Phi) is 5.23. The molecular formula is C21H22ClNO3. The molecule has 5 heteroatoms. The van der Waals surface area contributed by atoms with Crippen LogP contribution in [0.2, 0.25) is 0 Å². The number of carbonyl (C=O) groups is 1. The quantitative estimate of drug-likeness (QED) is 0.727. The highest BCUT2D eigenvalue weighted by Gasteiger charge is 2.32. The average Bonchev–Trinajstić information content (AvgIpc) is 2.95. The van der Waals surface area contributed by atoms with E-state index in [2.05, 4.69) is 16.7 Å². The van der Waals surface area contributed by atoms with Gasteiger partial charge in [0.1, 0.15) is 5.75 Å². The molecule has 1 aromatic heterocycles. The van der Waals surface area contributed by atoms with Crippen molar-refractivity contribution in [1.82, 2.24) is 4.57 Å². The van der Waals surface area contributed by atoms with E-state index >= 15 is 0 Å². The number of fused-ring (bicyclic) bond motifs is 3. The molecule has 2 aromatic carbocycles. The molecule has 4 rings (SSSR count). The lowest BCUT2D eigenvalue weighted by Gasteiger charge is -2.21. The fourth-order valence-corrected chi connectivity index (χ4v) is 4.01. The lowest BCUT2D eigenvalue weighted by molar-refractivity contribution is -0.139. The number of methoxy groups -OCH3 is 1. The van der Waals surface area contributed by atoms with E-state index in [9.17, 15) is 9.90 Å². The Hall–Kier alpha value is -2.46. The zero-order valence-electron chi connectivity index (χ0n) is 14.6. The summed E-state index contributed by atoms with van der Waals surface area (Å²) in [5, 5.41) is 10.7. The van der Waals surface area contributed by atoms with Gasteiger partial charge >= 0.3 is 5.97 Å². The third kappa shape index (κ3) is 3.06. The first-order valence-electron chi connectivity index (χ1n) is 8.64. The number of benzene rings is 2. The Morgan fingerprint density at radius 1 is 1.23 bits per heavy atom. The molecule has 0 radical (unpaired) electrons. The fourth-order valence-electron chi connectivity index (χ4n) is 4.01. The van der Waals surface area contributed by atoms with Gasteiger partial charge in [-0.05, 0) is 48.6 Å². The predicted octanol–water partition coefficient (Wildman–Crippen LogP) is 4.62. The minimum Gasteiger partial charge on any atom is -0.497 e. The molecule has 1 unspecified atom stereocenters. The highest BCUT2D eigenvalue weighted by Crippen LogP contribution is 2.40. The Morgan fingerprint density at radius 2 is 2.00 bits per heavy atom. The molecule has 0 amide bonds. The summed E-state index contributed by atoms with van der Waals surface area (Å²) in [5.41, 5.74) is 4.44. The van der Waals surface area contributed by atoms with Crippen LogP contribution in [-0.4, -0.2) is 22.8 Å². The molecule has 1 heterocycles. The third-order valence-corrected chi connectivity index (χ3v) is 5.16. The lowest BCUT2D eigenvalue weighted by Crippen LogP contribution is -2.19. The van der Waals surface area contributed by atoms with E-state index in [1.807, 2.05) is 36.4 Å². The zero-order valence-corrected chi connectivity index (χ0v) is 15.5. The number of aromatic nitrogens is 1. The Morgan fingerprint density at radius 3 is 2.69 bits per heavy atom. The summed E-state index contributed by atoms with van der Waals surface area (Å²) in [6.45, 7) is 0.755. The van der Waals surface area contributed by atoms with Crippen molar-refractivity contribution in [3.8, 4) is 5.75 Å². The molecule has 1 atom stereocenters. The first kappa shape index (κ1) is 18.3. The summed E-state index contributed by atoms with van der Waals surface area (Å²) in [6.07, 6.45) is 2.53. The van der Waals surface area contributed by atoms with Gasteiger partial charge in [-0.3, -0.25) is 4.79 Å². The van der Waals surface area contributed by atoms with E-state index in [0.29, 0.717) is 6.42 Å². The first-order chi connectivity index (χ1) is 12.2. The van der Waals surface area contributed by atoms with Crippen LogP contribution >= 0.6 is 12.4 Å². The summed E-state index contributed by atoms with van der Waals surface area (Å²) in [7, 11) is 1.64. The van der Waals surface area contributed by atoms with Gasteiger partial charge < -0.3 is 14.4 Å². The number of carboxylic acid groups (broad SMARTS) is 1. The molecule has 136 valence electrons. The SMILES string of the molecule is COc1ccc2c(c1)c1c(n2Cc2ccccc2)CCCC1C(=O)O.Cl. The largest absolute Gasteiger partial charge is 0.497 e. The second-order valence-corrected chi connectivity index (χ2v) is 6.60. The van der Waals surface area contributed by atoms with Crippen molar-refractivity contribution in [2.45, 2.75) is 31.7 Å². The van der Waals surface area contributed by atoms with Gasteiger partial charge in [0.15, 0.2) is 0 Å². The van der Waals surface area contributed by atoms with Gasteiger partial charge in [-0.25, -0.2) is 0 Å². The third-order valence-electron chi connectivity index (χ3n) is 5.16. The van der Waals surface area contributed by atoms with Crippen LogP contribution in [0.15, 0.2) is 48.5 Å². The maximum atomic E-state index is 11.8. The Balaban J connectivity index is 0.00000196. The van der Waals surface area contributed by atoms with Crippen LogP contribution < -0.4 is 4.74 Å². The molecular weight excluding hydrogens is 350 g/mol. The second kappa shape index (κ2) is 7.42.